The Hall–Kier alpha value is -2.82. The molecule has 28 heavy (non-hydrogen) atoms. The van der Waals surface area contributed by atoms with Gasteiger partial charge in [-0.05, 0) is 42.5 Å². The largest absolute Gasteiger partial charge is 0.484 e. The van der Waals surface area contributed by atoms with Gasteiger partial charge in [-0.25, -0.2) is 0 Å². The highest BCUT2D eigenvalue weighted by atomic mass is 16.5. The van der Waals surface area contributed by atoms with E-state index in [1.165, 1.54) is 11.1 Å². The molecule has 1 N–H and O–H groups in total. The van der Waals surface area contributed by atoms with E-state index < -0.39 is 6.04 Å². The summed E-state index contributed by atoms with van der Waals surface area (Å²) >= 11 is 0. The average molecular weight is 380 g/mol. The van der Waals surface area contributed by atoms with Crippen molar-refractivity contribution in [2.45, 2.75) is 39.8 Å². The van der Waals surface area contributed by atoms with Crippen molar-refractivity contribution in [3.8, 4) is 5.75 Å². The second-order valence-electron chi connectivity index (χ2n) is 7.67. The summed E-state index contributed by atoms with van der Waals surface area (Å²) in [6.45, 7) is 7.04. The highest BCUT2D eigenvalue weighted by Gasteiger charge is 2.30. The molecule has 0 spiro atoms. The van der Waals surface area contributed by atoms with Crippen molar-refractivity contribution in [2.75, 3.05) is 13.2 Å². The number of rotatable bonds is 6. The number of amides is 2. The summed E-state index contributed by atoms with van der Waals surface area (Å²) in [7, 11) is 0. The van der Waals surface area contributed by atoms with Gasteiger partial charge in [0.25, 0.3) is 5.91 Å². The van der Waals surface area contributed by atoms with E-state index >= 15 is 0 Å². The zero-order valence-corrected chi connectivity index (χ0v) is 16.8. The summed E-state index contributed by atoms with van der Waals surface area (Å²) in [5.74, 6) is 0.312. The van der Waals surface area contributed by atoms with Gasteiger partial charge < -0.3 is 15.0 Å². The lowest BCUT2D eigenvalue weighted by Crippen LogP contribution is -2.53. The highest BCUT2D eigenvalue weighted by Crippen LogP contribution is 2.20. The van der Waals surface area contributed by atoms with Crippen molar-refractivity contribution in [3.63, 3.8) is 0 Å². The van der Waals surface area contributed by atoms with Crippen LogP contribution in [0.2, 0.25) is 0 Å². The Morgan fingerprint density at radius 1 is 1.07 bits per heavy atom. The molecular formula is C23H28N2O3. The van der Waals surface area contributed by atoms with Crippen LogP contribution in [0.15, 0.2) is 48.5 Å². The van der Waals surface area contributed by atoms with Gasteiger partial charge in [0.1, 0.15) is 11.8 Å². The SMILES string of the molecule is Cc1ccc(OCC(=O)N[C@H](C(=O)N2CCc3ccccc3C2)C(C)C)cc1. The summed E-state index contributed by atoms with van der Waals surface area (Å²) in [6, 6.07) is 15.2. The summed E-state index contributed by atoms with van der Waals surface area (Å²) < 4.78 is 5.54. The molecule has 0 unspecified atom stereocenters. The molecule has 3 rings (SSSR count). The second-order valence-corrected chi connectivity index (χ2v) is 7.67. The van der Waals surface area contributed by atoms with Gasteiger partial charge in [0.05, 0.1) is 0 Å². The fourth-order valence-corrected chi connectivity index (χ4v) is 3.39. The van der Waals surface area contributed by atoms with E-state index in [1.807, 2.05) is 62.1 Å². The molecule has 0 fully saturated rings. The van der Waals surface area contributed by atoms with Gasteiger partial charge in [-0.1, -0.05) is 55.8 Å². The van der Waals surface area contributed by atoms with Crippen molar-refractivity contribution < 1.29 is 14.3 Å². The van der Waals surface area contributed by atoms with E-state index in [4.69, 9.17) is 4.74 Å². The summed E-state index contributed by atoms with van der Waals surface area (Å²) in [5.41, 5.74) is 3.60. The van der Waals surface area contributed by atoms with Gasteiger partial charge >= 0.3 is 0 Å². The maximum atomic E-state index is 13.1. The maximum absolute atomic E-state index is 13.1. The number of carbonyl (C=O) groups is 2. The first kappa shape index (κ1) is 19.9. The number of carbonyl (C=O) groups excluding carboxylic acids is 2. The monoisotopic (exact) mass is 380 g/mol. The first-order chi connectivity index (χ1) is 13.4. The van der Waals surface area contributed by atoms with Crippen molar-refractivity contribution in [1.29, 1.82) is 0 Å². The molecular weight excluding hydrogens is 352 g/mol. The van der Waals surface area contributed by atoms with Crippen molar-refractivity contribution >= 4 is 11.8 Å². The minimum atomic E-state index is -0.556. The quantitative estimate of drug-likeness (QED) is 0.838. The fourth-order valence-electron chi connectivity index (χ4n) is 3.39. The van der Waals surface area contributed by atoms with Gasteiger partial charge in [0.2, 0.25) is 5.91 Å². The molecule has 0 saturated carbocycles. The molecule has 1 atom stereocenters. The predicted octanol–water partition coefficient (Wildman–Crippen LogP) is 3.10. The van der Waals surface area contributed by atoms with E-state index in [-0.39, 0.29) is 24.3 Å². The number of nitrogens with one attached hydrogen (secondary N) is 1. The lowest BCUT2D eigenvalue weighted by Gasteiger charge is -2.33. The topological polar surface area (TPSA) is 58.6 Å². The minimum absolute atomic E-state index is 0.00649. The van der Waals surface area contributed by atoms with E-state index in [9.17, 15) is 9.59 Å². The Morgan fingerprint density at radius 2 is 1.75 bits per heavy atom. The first-order valence-corrected chi connectivity index (χ1v) is 9.78. The van der Waals surface area contributed by atoms with Crippen LogP contribution in [-0.4, -0.2) is 35.9 Å². The van der Waals surface area contributed by atoms with Crippen LogP contribution in [0.3, 0.4) is 0 Å². The van der Waals surface area contributed by atoms with E-state index in [0.29, 0.717) is 18.8 Å². The number of hydrogen-bond acceptors (Lipinski definition) is 3. The highest BCUT2D eigenvalue weighted by molar-refractivity contribution is 5.88. The van der Waals surface area contributed by atoms with Crippen LogP contribution >= 0.6 is 0 Å². The number of benzene rings is 2. The Labute approximate surface area is 166 Å². The number of aryl methyl sites for hydroxylation is 1. The average Bonchev–Trinajstić information content (AvgIpc) is 2.70. The molecule has 1 aliphatic rings. The Bertz CT molecular complexity index is 830. The molecule has 1 aliphatic heterocycles. The van der Waals surface area contributed by atoms with Gasteiger partial charge in [0, 0.05) is 13.1 Å². The molecule has 2 amide bonds. The van der Waals surface area contributed by atoms with Crippen molar-refractivity contribution in [2.24, 2.45) is 5.92 Å². The van der Waals surface area contributed by atoms with Crippen LogP contribution in [0.4, 0.5) is 0 Å². The summed E-state index contributed by atoms with van der Waals surface area (Å²) in [5, 5.41) is 2.86. The molecule has 0 radical (unpaired) electrons. The lowest BCUT2D eigenvalue weighted by molar-refractivity contribution is -0.139. The van der Waals surface area contributed by atoms with Gasteiger partial charge in [-0.3, -0.25) is 9.59 Å². The maximum Gasteiger partial charge on any atom is 0.258 e. The van der Waals surface area contributed by atoms with Crippen LogP contribution in [-0.2, 0) is 22.6 Å². The van der Waals surface area contributed by atoms with Crippen LogP contribution < -0.4 is 10.1 Å². The smallest absolute Gasteiger partial charge is 0.258 e. The molecule has 5 heteroatoms. The van der Waals surface area contributed by atoms with Gasteiger partial charge in [-0.2, -0.15) is 0 Å². The van der Waals surface area contributed by atoms with Crippen LogP contribution in [0.5, 0.6) is 5.75 Å². The molecule has 2 aromatic rings. The van der Waals surface area contributed by atoms with E-state index in [0.717, 1.165) is 12.0 Å². The van der Waals surface area contributed by atoms with Crippen LogP contribution in [0, 0.1) is 12.8 Å². The van der Waals surface area contributed by atoms with E-state index in [2.05, 4.69) is 17.4 Å². The third kappa shape index (κ3) is 4.91. The predicted molar refractivity (Wildman–Crippen MR) is 109 cm³/mol. The number of fused-ring (bicyclic) bond motifs is 1. The Morgan fingerprint density at radius 3 is 2.43 bits per heavy atom. The standard InChI is InChI=1S/C23H28N2O3/c1-16(2)22(24-21(26)15-28-20-10-8-17(3)9-11-20)23(27)25-13-12-18-6-4-5-7-19(18)14-25/h4-11,16,22H,12-15H2,1-3H3,(H,24,26)/t22-/m0/s1. The molecule has 148 valence electrons. The molecule has 1 heterocycles. The lowest BCUT2D eigenvalue weighted by atomic mass is 9.97. The second kappa shape index (κ2) is 8.91. The third-order valence-corrected chi connectivity index (χ3v) is 5.08. The molecule has 0 aliphatic carbocycles. The van der Waals surface area contributed by atoms with Crippen molar-refractivity contribution in [3.05, 3.63) is 65.2 Å². The minimum Gasteiger partial charge on any atom is -0.484 e. The molecule has 0 saturated heterocycles. The first-order valence-electron chi connectivity index (χ1n) is 9.78. The van der Waals surface area contributed by atoms with Crippen LogP contribution in [0.25, 0.3) is 0 Å². The third-order valence-electron chi connectivity index (χ3n) is 5.08. The molecule has 0 bridgehead atoms. The fraction of sp³-hybridized carbons (Fsp3) is 0.391. The molecule has 2 aromatic carbocycles. The zero-order valence-electron chi connectivity index (χ0n) is 16.8. The number of nitrogens with zero attached hydrogens (tertiary/aromatic N) is 1. The van der Waals surface area contributed by atoms with E-state index in [1.54, 1.807) is 0 Å². The Balaban J connectivity index is 1.59. The normalized spacial score (nSPS) is 14.4. The van der Waals surface area contributed by atoms with Gasteiger partial charge in [-0.15, -0.1) is 0 Å². The zero-order chi connectivity index (χ0) is 20.1. The number of hydrogen-bond donors (Lipinski definition) is 1. The summed E-state index contributed by atoms with van der Waals surface area (Å²) in [4.78, 5) is 27.3. The van der Waals surface area contributed by atoms with Crippen LogP contribution in [0.1, 0.15) is 30.5 Å². The molecule has 0 aromatic heterocycles. The number of ether oxygens (including phenoxy) is 1. The Kier molecular flexibility index (Phi) is 6.34. The van der Waals surface area contributed by atoms with Gasteiger partial charge in [0.15, 0.2) is 6.61 Å². The van der Waals surface area contributed by atoms with Crippen molar-refractivity contribution in [1.82, 2.24) is 10.2 Å². The molecule has 5 nitrogen and oxygen atoms in total. The summed E-state index contributed by atoms with van der Waals surface area (Å²) in [6.07, 6.45) is 0.844.